The van der Waals surface area contributed by atoms with Crippen LogP contribution in [0.15, 0.2) is 25.3 Å². The van der Waals surface area contributed by atoms with Crippen LogP contribution in [-0.4, -0.2) is 58.9 Å². The van der Waals surface area contributed by atoms with Crippen molar-refractivity contribution in [2.24, 2.45) is 0 Å². The van der Waals surface area contributed by atoms with E-state index in [9.17, 15) is 23.1 Å². The van der Waals surface area contributed by atoms with E-state index in [-0.39, 0.29) is 19.5 Å². The lowest BCUT2D eigenvalue weighted by Gasteiger charge is -2.32. The van der Waals surface area contributed by atoms with Gasteiger partial charge in [-0.3, -0.25) is 4.79 Å². The maximum absolute atomic E-state index is 12.8. The fourth-order valence-corrected chi connectivity index (χ4v) is 3.46. The number of ether oxygens (including phenoxy) is 1. The lowest BCUT2D eigenvalue weighted by Crippen LogP contribution is -2.53. The molecule has 0 rings (SSSR count). The van der Waals surface area contributed by atoms with Gasteiger partial charge in [-0.15, -0.1) is 13.2 Å². The summed E-state index contributed by atoms with van der Waals surface area (Å²) in [4.78, 5) is 23.6. The molecule has 0 aromatic carbocycles. The fraction of sp³-hybridized carbons (Fsp3) is 0.600. The highest BCUT2D eigenvalue weighted by Crippen LogP contribution is 2.19. The monoisotopic (exact) mass is 362 g/mol. The van der Waals surface area contributed by atoms with Gasteiger partial charge in [-0.2, -0.15) is 17.0 Å². The van der Waals surface area contributed by atoms with E-state index in [4.69, 9.17) is 4.74 Å². The van der Waals surface area contributed by atoms with Crippen molar-refractivity contribution < 1.29 is 27.9 Å². The van der Waals surface area contributed by atoms with Crippen LogP contribution in [0.1, 0.15) is 34.1 Å². The largest absolute Gasteiger partial charge is 0.480 e. The molecule has 0 aliphatic heterocycles. The van der Waals surface area contributed by atoms with Crippen LogP contribution in [0.4, 0.5) is 4.79 Å². The Morgan fingerprint density at radius 2 is 1.71 bits per heavy atom. The number of aliphatic carboxylic acids is 1. The van der Waals surface area contributed by atoms with Crippen LogP contribution in [0.2, 0.25) is 0 Å². The zero-order valence-corrected chi connectivity index (χ0v) is 15.4. The van der Waals surface area contributed by atoms with Gasteiger partial charge in [0, 0.05) is 6.54 Å². The molecule has 0 saturated heterocycles. The lowest BCUT2D eigenvalue weighted by molar-refractivity contribution is -0.141. The lowest BCUT2D eigenvalue weighted by atomic mass is 10.2. The molecule has 8 nitrogen and oxygen atoms in total. The average Bonchev–Trinajstić information content (AvgIpc) is 2.41. The Morgan fingerprint density at radius 3 is 2.04 bits per heavy atom. The van der Waals surface area contributed by atoms with E-state index in [1.165, 1.54) is 19.1 Å². The molecule has 9 heteroatoms. The molecule has 1 unspecified atom stereocenters. The molecular formula is C15H26N2O6S. The Balaban J connectivity index is 5.92. The second-order valence-corrected chi connectivity index (χ2v) is 7.73. The van der Waals surface area contributed by atoms with Gasteiger partial charge in [0.25, 0.3) is 0 Å². The highest BCUT2D eigenvalue weighted by Gasteiger charge is 2.40. The summed E-state index contributed by atoms with van der Waals surface area (Å²) in [6.45, 7) is 12.6. The minimum atomic E-state index is -4.45. The minimum absolute atomic E-state index is 0.0264. The molecule has 0 aliphatic rings. The van der Waals surface area contributed by atoms with E-state index >= 15 is 0 Å². The zero-order chi connectivity index (χ0) is 19.1. The van der Waals surface area contributed by atoms with Crippen LogP contribution < -0.4 is 0 Å². The Kier molecular flexibility index (Phi) is 8.15. The van der Waals surface area contributed by atoms with Gasteiger partial charge < -0.3 is 9.84 Å². The molecule has 1 atom stereocenters. The zero-order valence-electron chi connectivity index (χ0n) is 14.6. The SMILES string of the molecule is C=CCN(C(=O)OC(C)(C)C)S(=O)(=O)N(CC=C)C(CC)C(=O)O. The number of nitrogens with zero attached hydrogens (tertiary/aromatic N) is 2. The van der Waals surface area contributed by atoms with Crippen LogP contribution in [0, 0.1) is 0 Å². The van der Waals surface area contributed by atoms with Crippen LogP contribution in [0.3, 0.4) is 0 Å². The van der Waals surface area contributed by atoms with Crippen molar-refractivity contribution in [2.45, 2.75) is 45.8 Å². The number of amides is 1. The normalized spacial score (nSPS) is 13.2. The number of hydrogen-bond acceptors (Lipinski definition) is 5. The van der Waals surface area contributed by atoms with Gasteiger partial charge >= 0.3 is 22.3 Å². The number of hydrogen-bond donors (Lipinski definition) is 1. The molecule has 0 radical (unpaired) electrons. The summed E-state index contributed by atoms with van der Waals surface area (Å²) in [5.41, 5.74) is -0.910. The molecule has 24 heavy (non-hydrogen) atoms. The summed E-state index contributed by atoms with van der Waals surface area (Å²) >= 11 is 0. The van der Waals surface area contributed by atoms with E-state index in [2.05, 4.69) is 13.2 Å². The second-order valence-electron chi connectivity index (χ2n) is 5.93. The Bertz CT molecular complexity index is 579. The van der Waals surface area contributed by atoms with E-state index in [1.807, 2.05) is 0 Å². The molecule has 1 N–H and O–H groups in total. The number of carboxylic acids is 1. The van der Waals surface area contributed by atoms with E-state index in [1.54, 1.807) is 20.8 Å². The minimum Gasteiger partial charge on any atom is -0.480 e. The highest BCUT2D eigenvalue weighted by atomic mass is 32.2. The van der Waals surface area contributed by atoms with Gasteiger partial charge in [0.1, 0.15) is 11.6 Å². The van der Waals surface area contributed by atoms with Gasteiger partial charge in [0.05, 0.1) is 6.54 Å². The number of carbonyl (C=O) groups excluding carboxylic acids is 1. The predicted molar refractivity (Wildman–Crippen MR) is 90.7 cm³/mol. The molecule has 0 saturated carbocycles. The van der Waals surface area contributed by atoms with Crippen molar-refractivity contribution in [3.63, 3.8) is 0 Å². The van der Waals surface area contributed by atoms with Crippen molar-refractivity contribution in [3.8, 4) is 0 Å². The topological polar surface area (TPSA) is 104 Å². The maximum atomic E-state index is 12.8. The first kappa shape index (κ1) is 22.1. The summed E-state index contributed by atoms with van der Waals surface area (Å²) in [7, 11) is -4.45. The number of carboxylic acid groups (broad SMARTS) is 1. The van der Waals surface area contributed by atoms with Crippen LogP contribution in [-0.2, 0) is 19.7 Å². The number of carbonyl (C=O) groups is 2. The molecule has 0 aromatic rings. The van der Waals surface area contributed by atoms with Gasteiger partial charge in [-0.1, -0.05) is 19.1 Å². The van der Waals surface area contributed by atoms with Gasteiger partial charge in [0.15, 0.2) is 0 Å². The molecule has 1 amide bonds. The number of rotatable bonds is 9. The smallest absolute Gasteiger partial charge is 0.425 e. The first-order valence-electron chi connectivity index (χ1n) is 7.39. The summed E-state index contributed by atoms with van der Waals surface area (Å²) in [5, 5.41) is 9.28. The molecule has 0 fully saturated rings. The first-order valence-corrected chi connectivity index (χ1v) is 8.79. The van der Waals surface area contributed by atoms with Crippen LogP contribution in [0.25, 0.3) is 0 Å². The van der Waals surface area contributed by atoms with E-state index in [0.29, 0.717) is 8.61 Å². The second kappa shape index (κ2) is 8.84. The Labute approximate surface area is 143 Å². The third kappa shape index (κ3) is 5.97. The van der Waals surface area contributed by atoms with Crippen molar-refractivity contribution in [3.05, 3.63) is 25.3 Å². The molecule has 0 bridgehead atoms. The van der Waals surface area contributed by atoms with Gasteiger partial charge in [-0.05, 0) is 27.2 Å². The third-order valence-electron chi connectivity index (χ3n) is 2.80. The van der Waals surface area contributed by atoms with Crippen LogP contribution in [0.5, 0.6) is 0 Å². The third-order valence-corrected chi connectivity index (χ3v) is 4.65. The summed E-state index contributed by atoms with van der Waals surface area (Å²) in [6.07, 6.45) is 1.40. The summed E-state index contributed by atoms with van der Waals surface area (Å²) in [5.74, 6) is -1.31. The van der Waals surface area contributed by atoms with E-state index in [0.717, 1.165) is 0 Å². The van der Waals surface area contributed by atoms with Crippen LogP contribution >= 0.6 is 0 Å². The molecule has 0 aliphatic carbocycles. The highest BCUT2D eigenvalue weighted by molar-refractivity contribution is 7.87. The van der Waals surface area contributed by atoms with E-state index < -0.39 is 33.9 Å². The van der Waals surface area contributed by atoms with Crippen molar-refractivity contribution in [2.75, 3.05) is 13.1 Å². The Hall–Kier alpha value is -1.87. The predicted octanol–water partition coefficient (Wildman–Crippen LogP) is 2.01. The summed E-state index contributed by atoms with van der Waals surface area (Å²) in [6, 6.07) is -1.33. The van der Waals surface area contributed by atoms with Crippen molar-refractivity contribution in [1.82, 2.24) is 8.61 Å². The quantitative estimate of drug-likeness (QED) is 0.629. The van der Waals surface area contributed by atoms with Crippen molar-refractivity contribution in [1.29, 1.82) is 0 Å². The molecule has 0 heterocycles. The first-order chi connectivity index (χ1) is 10.9. The fourth-order valence-electron chi connectivity index (χ4n) is 1.83. The van der Waals surface area contributed by atoms with Gasteiger partial charge in [0.2, 0.25) is 0 Å². The molecular weight excluding hydrogens is 336 g/mol. The summed E-state index contributed by atoms with van der Waals surface area (Å²) < 4.78 is 31.9. The average molecular weight is 362 g/mol. The van der Waals surface area contributed by atoms with Crippen molar-refractivity contribution >= 4 is 22.3 Å². The Morgan fingerprint density at radius 1 is 1.21 bits per heavy atom. The molecule has 0 spiro atoms. The molecule has 138 valence electrons. The maximum Gasteiger partial charge on any atom is 0.425 e. The standard InChI is InChI=1S/C15H26N2O6S/c1-7-10-16(12(9-3)13(18)19)24(21,22)17(11-8-2)14(20)23-15(4,5)6/h7-8,12H,1-2,9-11H2,3-6H3,(H,18,19). The van der Waals surface area contributed by atoms with Gasteiger partial charge in [-0.25, -0.2) is 4.79 Å². The molecule has 0 aromatic heterocycles.